The van der Waals surface area contributed by atoms with Gasteiger partial charge in [-0.3, -0.25) is 19.9 Å². The number of alkyl halides is 6. The molecule has 1 aliphatic carbocycles. The topological polar surface area (TPSA) is 99.3 Å². The molecule has 2 aromatic carbocycles. The van der Waals surface area contributed by atoms with E-state index in [1.165, 1.54) is 0 Å². The van der Waals surface area contributed by atoms with Gasteiger partial charge in [-0.15, -0.1) is 0 Å². The van der Waals surface area contributed by atoms with E-state index >= 15 is 0 Å². The van der Waals surface area contributed by atoms with Crippen LogP contribution in [0.2, 0.25) is 0 Å². The van der Waals surface area contributed by atoms with Crippen LogP contribution in [0.3, 0.4) is 0 Å². The molecule has 0 radical (unpaired) electrons. The molecule has 1 saturated carbocycles. The lowest BCUT2D eigenvalue weighted by Gasteiger charge is -2.33. The zero-order valence-corrected chi connectivity index (χ0v) is 21.6. The quantitative estimate of drug-likeness (QED) is 0.202. The van der Waals surface area contributed by atoms with Crippen molar-refractivity contribution in [1.82, 2.24) is 10.2 Å². The van der Waals surface area contributed by atoms with Gasteiger partial charge in [-0.2, -0.15) is 26.3 Å². The smallest absolute Gasteiger partial charge is 0.370 e. The minimum Gasteiger partial charge on any atom is -0.370 e. The standard InChI is InChI=1S/C27H28F8N4O2/c28-20-8-6-16(10-18(20)26(30,31)32)13-23(40)39(25(36)37)22(12-15-4-2-1-3-5-15)24(41)38-14-17-7-9-21(29)19(11-17)27(33,34)35/h6-11,15,22H,1-5,12-14H2,(H3,36,37)(H,38,41)/t22-/m1/s1. The molecule has 0 bridgehead atoms. The molecule has 0 aliphatic heterocycles. The lowest BCUT2D eigenvalue weighted by molar-refractivity contribution is -0.140. The van der Waals surface area contributed by atoms with E-state index in [0.717, 1.165) is 31.4 Å². The van der Waals surface area contributed by atoms with Gasteiger partial charge in [0.05, 0.1) is 17.5 Å². The van der Waals surface area contributed by atoms with Gasteiger partial charge in [0.15, 0.2) is 5.96 Å². The monoisotopic (exact) mass is 592 g/mol. The first-order valence-corrected chi connectivity index (χ1v) is 12.7. The van der Waals surface area contributed by atoms with Gasteiger partial charge in [-0.1, -0.05) is 44.2 Å². The molecule has 1 atom stereocenters. The third-order valence-electron chi connectivity index (χ3n) is 6.92. The van der Waals surface area contributed by atoms with Gasteiger partial charge in [0, 0.05) is 6.54 Å². The normalized spacial score (nSPS) is 15.3. The van der Waals surface area contributed by atoms with Crippen molar-refractivity contribution >= 4 is 17.8 Å². The van der Waals surface area contributed by atoms with Gasteiger partial charge in [0.1, 0.15) is 17.7 Å². The Bertz CT molecular complexity index is 1270. The molecule has 3 rings (SSSR count). The fourth-order valence-electron chi connectivity index (χ4n) is 4.91. The molecule has 0 heterocycles. The van der Waals surface area contributed by atoms with Gasteiger partial charge in [-0.05, 0) is 47.7 Å². The van der Waals surface area contributed by atoms with E-state index in [4.69, 9.17) is 11.1 Å². The lowest BCUT2D eigenvalue weighted by atomic mass is 9.84. The van der Waals surface area contributed by atoms with Crippen molar-refractivity contribution in [2.45, 2.75) is 69.9 Å². The van der Waals surface area contributed by atoms with Crippen molar-refractivity contribution in [2.24, 2.45) is 11.7 Å². The Kier molecular flexibility index (Phi) is 9.98. The number of amides is 2. The van der Waals surface area contributed by atoms with E-state index in [0.29, 0.717) is 42.0 Å². The van der Waals surface area contributed by atoms with Crippen LogP contribution >= 0.6 is 0 Å². The highest BCUT2D eigenvalue weighted by molar-refractivity contribution is 6.00. The van der Waals surface area contributed by atoms with Crippen molar-refractivity contribution in [3.63, 3.8) is 0 Å². The Morgan fingerprint density at radius 3 is 1.93 bits per heavy atom. The predicted octanol–water partition coefficient (Wildman–Crippen LogP) is 5.92. The van der Waals surface area contributed by atoms with Crippen LogP contribution in [0.4, 0.5) is 35.1 Å². The SMILES string of the molecule is N=C(N)N(C(=O)Cc1ccc(F)c(C(F)(F)F)c1)[C@H](CC1CCCCC1)C(=O)NCc1ccc(F)c(C(F)(F)F)c1. The van der Waals surface area contributed by atoms with Crippen LogP contribution in [-0.4, -0.2) is 28.7 Å². The Labute approximate surface area is 230 Å². The first-order chi connectivity index (χ1) is 19.1. The Balaban J connectivity index is 1.87. The highest BCUT2D eigenvalue weighted by Gasteiger charge is 2.37. The molecule has 4 N–H and O–H groups in total. The minimum atomic E-state index is -5.03. The molecule has 0 unspecified atom stereocenters. The maximum atomic E-state index is 13.7. The lowest BCUT2D eigenvalue weighted by Crippen LogP contribution is -2.55. The molecule has 6 nitrogen and oxygen atoms in total. The zero-order chi connectivity index (χ0) is 30.5. The molecule has 224 valence electrons. The zero-order valence-electron chi connectivity index (χ0n) is 21.6. The van der Waals surface area contributed by atoms with E-state index < -0.39 is 71.9 Å². The van der Waals surface area contributed by atoms with E-state index in [1.54, 1.807) is 0 Å². The first-order valence-electron chi connectivity index (χ1n) is 12.7. The molecule has 2 aromatic rings. The summed E-state index contributed by atoms with van der Waals surface area (Å²) in [4.78, 5) is 27.2. The summed E-state index contributed by atoms with van der Waals surface area (Å²) in [5.74, 6) is -5.85. The van der Waals surface area contributed by atoms with Gasteiger partial charge in [0.25, 0.3) is 0 Å². The highest BCUT2D eigenvalue weighted by atomic mass is 19.4. The summed E-state index contributed by atoms with van der Waals surface area (Å²) < 4.78 is 106. The van der Waals surface area contributed by atoms with Gasteiger partial charge in [-0.25, -0.2) is 8.78 Å². The molecule has 14 heteroatoms. The van der Waals surface area contributed by atoms with Crippen LogP contribution in [0.15, 0.2) is 36.4 Å². The van der Waals surface area contributed by atoms with Gasteiger partial charge in [0.2, 0.25) is 11.8 Å². The number of hydrogen-bond donors (Lipinski definition) is 3. The number of rotatable bonds is 8. The fourth-order valence-corrected chi connectivity index (χ4v) is 4.91. The third-order valence-corrected chi connectivity index (χ3v) is 6.92. The molecule has 1 fully saturated rings. The number of nitrogens with zero attached hydrogens (tertiary/aromatic N) is 1. The molecular formula is C27H28F8N4O2. The number of carbonyl (C=O) groups excluding carboxylic acids is 2. The maximum absolute atomic E-state index is 13.7. The average Bonchev–Trinajstić information content (AvgIpc) is 2.87. The summed E-state index contributed by atoms with van der Waals surface area (Å²) in [5.41, 5.74) is 2.21. The number of nitrogens with one attached hydrogen (secondary N) is 2. The van der Waals surface area contributed by atoms with Crippen LogP contribution in [0.25, 0.3) is 0 Å². The Morgan fingerprint density at radius 1 is 0.902 bits per heavy atom. The number of nitrogens with two attached hydrogens (primary N) is 1. The third kappa shape index (κ3) is 8.40. The van der Waals surface area contributed by atoms with Crippen LogP contribution < -0.4 is 11.1 Å². The van der Waals surface area contributed by atoms with Crippen LogP contribution in [-0.2, 0) is 34.9 Å². The Hall–Kier alpha value is -3.71. The number of halogens is 8. The molecule has 41 heavy (non-hydrogen) atoms. The molecule has 0 saturated heterocycles. The number of carbonyl (C=O) groups is 2. The number of hydrogen-bond acceptors (Lipinski definition) is 3. The van der Waals surface area contributed by atoms with Crippen molar-refractivity contribution in [2.75, 3.05) is 0 Å². The number of benzene rings is 2. The van der Waals surface area contributed by atoms with Gasteiger partial charge >= 0.3 is 12.4 Å². The minimum absolute atomic E-state index is 0.0333. The van der Waals surface area contributed by atoms with Crippen LogP contribution in [0.5, 0.6) is 0 Å². The summed E-state index contributed by atoms with van der Waals surface area (Å²) >= 11 is 0. The summed E-state index contributed by atoms with van der Waals surface area (Å²) in [5, 5.41) is 10.4. The largest absolute Gasteiger partial charge is 0.419 e. The van der Waals surface area contributed by atoms with Gasteiger partial charge < -0.3 is 11.1 Å². The fraction of sp³-hybridized carbons (Fsp3) is 0.444. The molecular weight excluding hydrogens is 564 g/mol. The highest BCUT2D eigenvalue weighted by Crippen LogP contribution is 2.34. The van der Waals surface area contributed by atoms with Crippen molar-refractivity contribution < 1.29 is 44.7 Å². The number of guanidine groups is 1. The van der Waals surface area contributed by atoms with E-state index in [-0.39, 0.29) is 23.5 Å². The molecule has 0 aromatic heterocycles. The summed E-state index contributed by atoms with van der Waals surface area (Å²) in [6.07, 6.45) is -6.67. The van der Waals surface area contributed by atoms with Crippen molar-refractivity contribution in [3.05, 3.63) is 70.3 Å². The summed E-state index contributed by atoms with van der Waals surface area (Å²) in [6.45, 7) is -0.476. The predicted molar refractivity (Wildman–Crippen MR) is 132 cm³/mol. The van der Waals surface area contributed by atoms with Crippen molar-refractivity contribution in [3.8, 4) is 0 Å². The maximum Gasteiger partial charge on any atom is 0.419 e. The van der Waals surface area contributed by atoms with Crippen LogP contribution in [0.1, 0.15) is 60.8 Å². The first kappa shape index (κ1) is 31.8. The summed E-state index contributed by atoms with van der Waals surface area (Å²) in [6, 6.07) is 2.74. The second-order valence-electron chi connectivity index (χ2n) is 9.92. The van der Waals surface area contributed by atoms with Crippen LogP contribution in [0, 0.1) is 23.0 Å². The molecule has 2 amide bonds. The second-order valence-corrected chi connectivity index (χ2v) is 9.92. The second kappa shape index (κ2) is 12.9. The Morgan fingerprint density at radius 2 is 1.41 bits per heavy atom. The summed E-state index contributed by atoms with van der Waals surface area (Å²) in [7, 11) is 0. The molecule has 0 spiro atoms. The van der Waals surface area contributed by atoms with E-state index in [1.807, 2.05) is 0 Å². The average molecular weight is 593 g/mol. The van der Waals surface area contributed by atoms with E-state index in [2.05, 4.69) is 5.32 Å². The van der Waals surface area contributed by atoms with E-state index in [9.17, 15) is 44.7 Å². The van der Waals surface area contributed by atoms with Crippen molar-refractivity contribution in [1.29, 1.82) is 5.41 Å². The molecule has 1 aliphatic rings.